The molecule has 1 aromatic carbocycles. The molecule has 3 fully saturated rings. The summed E-state index contributed by atoms with van der Waals surface area (Å²) in [5, 5.41) is 0. The van der Waals surface area contributed by atoms with Gasteiger partial charge >= 0.3 is 0 Å². The molecule has 0 aromatic heterocycles. The number of carbonyl (C=O) groups excluding carboxylic acids is 1. The van der Waals surface area contributed by atoms with E-state index in [1.54, 1.807) is 12.1 Å². The van der Waals surface area contributed by atoms with Crippen LogP contribution < -0.4 is 4.90 Å². The molecule has 0 spiro atoms. The standard InChI is InChI=1S/C23H35N3O5S/c1-3-26(4-2)32(28,29)19-7-8-21(24-11-5-6-12-24)20(17-19)22(27)25-13-9-18(10-14-25)23-30-15-16-31-23/h7-8,17-18,23H,3-6,9-16H2,1-2H3. The number of nitrogens with zero attached hydrogens (tertiary/aromatic N) is 3. The van der Waals surface area contributed by atoms with Gasteiger partial charge in [0, 0.05) is 50.9 Å². The fourth-order valence-electron chi connectivity index (χ4n) is 4.99. The van der Waals surface area contributed by atoms with Crippen LogP contribution in [-0.2, 0) is 19.5 Å². The SMILES string of the molecule is CCN(CC)S(=O)(=O)c1ccc(N2CCCC2)c(C(=O)N2CCC(C3OCCO3)CC2)c1. The Morgan fingerprint density at radius 3 is 2.25 bits per heavy atom. The van der Waals surface area contributed by atoms with E-state index < -0.39 is 10.0 Å². The number of anilines is 1. The van der Waals surface area contributed by atoms with Crippen molar-refractivity contribution in [2.24, 2.45) is 5.92 Å². The maximum Gasteiger partial charge on any atom is 0.256 e. The lowest BCUT2D eigenvalue weighted by molar-refractivity contribution is -0.0956. The first kappa shape index (κ1) is 23.5. The van der Waals surface area contributed by atoms with E-state index in [1.807, 2.05) is 24.8 Å². The minimum Gasteiger partial charge on any atom is -0.371 e. The van der Waals surface area contributed by atoms with Gasteiger partial charge in [0.1, 0.15) is 0 Å². The number of piperidine rings is 1. The molecule has 0 radical (unpaired) electrons. The second kappa shape index (κ2) is 10.1. The van der Waals surface area contributed by atoms with Crippen LogP contribution in [-0.4, -0.2) is 82.3 Å². The molecule has 178 valence electrons. The minimum atomic E-state index is -3.64. The van der Waals surface area contributed by atoms with Crippen molar-refractivity contribution >= 4 is 21.6 Å². The Kier molecular flexibility index (Phi) is 7.39. The number of benzene rings is 1. The van der Waals surface area contributed by atoms with Gasteiger partial charge in [0.05, 0.1) is 23.7 Å². The number of ether oxygens (including phenoxy) is 2. The molecule has 3 saturated heterocycles. The van der Waals surface area contributed by atoms with E-state index in [1.165, 1.54) is 4.31 Å². The number of amides is 1. The zero-order valence-corrected chi connectivity index (χ0v) is 20.0. The number of carbonyl (C=O) groups is 1. The van der Waals surface area contributed by atoms with Crippen molar-refractivity contribution in [2.45, 2.75) is 50.7 Å². The Morgan fingerprint density at radius 2 is 1.66 bits per heavy atom. The largest absolute Gasteiger partial charge is 0.371 e. The van der Waals surface area contributed by atoms with Crippen LogP contribution in [0.3, 0.4) is 0 Å². The van der Waals surface area contributed by atoms with E-state index in [-0.39, 0.29) is 17.1 Å². The summed E-state index contributed by atoms with van der Waals surface area (Å²) in [5.41, 5.74) is 1.34. The van der Waals surface area contributed by atoms with Crippen LogP contribution >= 0.6 is 0 Å². The van der Waals surface area contributed by atoms with E-state index in [4.69, 9.17) is 9.47 Å². The van der Waals surface area contributed by atoms with Gasteiger partial charge in [-0.2, -0.15) is 4.31 Å². The number of likely N-dealkylation sites (tertiary alicyclic amines) is 1. The monoisotopic (exact) mass is 465 g/mol. The van der Waals surface area contributed by atoms with Crippen molar-refractivity contribution in [3.8, 4) is 0 Å². The average molecular weight is 466 g/mol. The highest BCUT2D eigenvalue weighted by Crippen LogP contribution is 2.32. The number of rotatable bonds is 7. The van der Waals surface area contributed by atoms with Gasteiger partial charge in [0.2, 0.25) is 10.0 Å². The maximum absolute atomic E-state index is 13.6. The molecule has 3 heterocycles. The molecular formula is C23H35N3O5S. The van der Waals surface area contributed by atoms with Crippen molar-refractivity contribution in [1.82, 2.24) is 9.21 Å². The second-order valence-electron chi connectivity index (χ2n) is 8.70. The number of hydrogen-bond donors (Lipinski definition) is 0. The van der Waals surface area contributed by atoms with E-state index >= 15 is 0 Å². The van der Waals surface area contributed by atoms with Crippen LogP contribution in [0.2, 0.25) is 0 Å². The maximum atomic E-state index is 13.6. The third-order valence-electron chi connectivity index (χ3n) is 6.85. The van der Waals surface area contributed by atoms with Crippen molar-refractivity contribution in [2.75, 3.05) is 57.4 Å². The summed E-state index contributed by atoms with van der Waals surface area (Å²) in [6.45, 7) is 8.75. The first-order valence-corrected chi connectivity index (χ1v) is 13.3. The highest BCUT2D eigenvalue weighted by Gasteiger charge is 2.34. The Bertz CT molecular complexity index is 898. The Labute approximate surface area is 191 Å². The van der Waals surface area contributed by atoms with Gasteiger partial charge < -0.3 is 19.3 Å². The van der Waals surface area contributed by atoms with Crippen LogP contribution in [0.1, 0.15) is 49.9 Å². The Hall–Kier alpha value is -1.68. The topological polar surface area (TPSA) is 79.4 Å². The average Bonchev–Trinajstić information content (AvgIpc) is 3.53. The van der Waals surface area contributed by atoms with Crippen molar-refractivity contribution in [1.29, 1.82) is 0 Å². The zero-order chi connectivity index (χ0) is 22.7. The Balaban J connectivity index is 1.59. The lowest BCUT2D eigenvalue weighted by Crippen LogP contribution is -2.42. The van der Waals surface area contributed by atoms with Gasteiger partial charge in [0.25, 0.3) is 5.91 Å². The molecule has 0 aliphatic carbocycles. The molecule has 3 aliphatic heterocycles. The molecule has 1 aromatic rings. The molecule has 9 heteroatoms. The van der Waals surface area contributed by atoms with Gasteiger partial charge in [-0.1, -0.05) is 13.8 Å². The van der Waals surface area contributed by atoms with Crippen LogP contribution in [0.15, 0.2) is 23.1 Å². The number of sulfonamides is 1. The molecule has 4 rings (SSSR count). The number of hydrogen-bond acceptors (Lipinski definition) is 6. The highest BCUT2D eigenvalue weighted by atomic mass is 32.2. The van der Waals surface area contributed by atoms with E-state index in [0.29, 0.717) is 50.9 Å². The smallest absolute Gasteiger partial charge is 0.256 e. The minimum absolute atomic E-state index is 0.0878. The molecule has 3 aliphatic rings. The lowest BCUT2D eigenvalue weighted by Gasteiger charge is -2.34. The molecular weight excluding hydrogens is 430 g/mol. The molecule has 0 unspecified atom stereocenters. The van der Waals surface area contributed by atoms with Crippen LogP contribution in [0.5, 0.6) is 0 Å². The fraction of sp³-hybridized carbons (Fsp3) is 0.696. The second-order valence-corrected chi connectivity index (χ2v) is 10.6. The first-order valence-electron chi connectivity index (χ1n) is 11.9. The van der Waals surface area contributed by atoms with Gasteiger partial charge in [-0.3, -0.25) is 4.79 Å². The summed E-state index contributed by atoms with van der Waals surface area (Å²) >= 11 is 0. The molecule has 32 heavy (non-hydrogen) atoms. The summed E-state index contributed by atoms with van der Waals surface area (Å²) in [6.07, 6.45) is 3.66. The van der Waals surface area contributed by atoms with Crippen molar-refractivity contribution < 1.29 is 22.7 Å². The third-order valence-corrected chi connectivity index (χ3v) is 8.89. The van der Waals surface area contributed by atoms with Gasteiger partial charge in [0.15, 0.2) is 6.29 Å². The lowest BCUT2D eigenvalue weighted by atomic mass is 9.95. The molecule has 0 N–H and O–H groups in total. The summed E-state index contributed by atoms with van der Waals surface area (Å²) in [4.78, 5) is 17.9. The summed E-state index contributed by atoms with van der Waals surface area (Å²) in [5.74, 6) is 0.212. The Morgan fingerprint density at radius 1 is 1.03 bits per heavy atom. The molecule has 1 amide bonds. The van der Waals surface area contributed by atoms with Gasteiger partial charge in [-0.25, -0.2) is 8.42 Å². The predicted octanol–water partition coefficient (Wildman–Crippen LogP) is 2.54. The van der Waals surface area contributed by atoms with Crippen LogP contribution in [0.4, 0.5) is 5.69 Å². The van der Waals surface area contributed by atoms with Crippen LogP contribution in [0, 0.1) is 5.92 Å². The zero-order valence-electron chi connectivity index (χ0n) is 19.2. The quantitative estimate of drug-likeness (QED) is 0.616. The first-order chi connectivity index (χ1) is 15.5. The van der Waals surface area contributed by atoms with E-state index in [9.17, 15) is 13.2 Å². The predicted molar refractivity (Wildman–Crippen MR) is 122 cm³/mol. The highest BCUT2D eigenvalue weighted by molar-refractivity contribution is 7.89. The van der Waals surface area contributed by atoms with Gasteiger partial charge in [-0.15, -0.1) is 0 Å². The third kappa shape index (κ3) is 4.66. The van der Waals surface area contributed by atoms with Crippen molar-refractivity contribution in [3.05, 3.63) is 23.8 Å². The van der Waals surface area contributed by atoms with E-state index in [0.717, 1.165) is 44.5 Å². The van der Waals surface area contributed by atoms with Crippen LogP contribution in [0.25, 0.3) is 0 Å². The normalized spacial score (nSPS) is 21.1. The molecule has 0 bridgehead atoms. The van der Waals surface area contributed by atoms with Crippen molar-refractivity contribution in [3.63, 3.8) is 0 Å². The molecule has 0 saturated carbocycles. The molecule has 0 atom stereocenters. The van der Waals surface area contributed by atoms with E-state index in [2.05, 4.69) is 4.90 Å². The summed E-state index contributed by atoms with van der Waals surface area (Å²) < 4.78 is 39.0. The summed E-state index contributed by atoms with van der Waals surface area (Å²) in [7, 11) is -3.64. The summed E-state index contributed by atoms with van der Waals surface area (Å²) in [6, 6.07) is 5.07. The van der Waals surface area contributed by atoms with Gasteiger partial charge in [-0.05, 0) is 43.9 Å². The molecule has 8 nitrogen and oxygen atoms in total. The fourth-order valence-corrected chi connectivity index (χ4v) is 6.47.